The average molecular weight is 367 g/mol. The van der Waals surface area contributed by atoms with Gasteiger partial charge >= 0.3 is 0 Å². The van der Waals surface area contributed by atoms with Crippen molar-refractivity contribution in [2.45, 2.75) is 32.9 Å². The number of nitrogens with one attached hydrogen (secondary N) is 1. The summed E-state index contributed by atoms with van der Waals surface area (Å²) in [5.74, 6) is -0.220. The Bertz CT molecular complexity index is 695. The third kappa shape index (κ3) is 5.73. The molecule has 0 radical (unpaired) electrons. The smallest absolute Gasteiger partial charge is 0.224 e. The average Bonchev–Trinajstić information content (AvgIpc) is 2.56. The molecule has 0 bridgehead atoms. The van der Waals surface area contributed by atoms with Gasteiger partial charge in [-0.2, -0.15) is 0 Å². The summed E-state index contributed by atoms with van der Waals surface area (Å²) in [5, 5.41) is 2.85. The summed E-state index contributed by atoms with van der Waals surface area (Å²) in [6.07, 6.45) is 0. The SMILES string of the molecule is CC(NC(=O)C(C)C(C)N)c1ccc(Oc2ccccc2)c(F)c1.Cl. The van der Waals surface area contributed by atoms with E-state index in [1.54, 1.807) is 45.0 Å². The highest BCUT2D eigenvalue weighted by atomic mass is 35.5. The first-order chi connectivity index (χ1) is 11.4. The molecular formula is C19H24ClFN2O2. The summed E-state index contributed by atoms with van der Waals surface area (Å²) in [4.78, 5) is 12.1. The molecule has 6 heteroatoms. The number of hydrogen-bond donors (Lipinski definition) is 2. The lowest BCUT2D eigenvalue weighted by molar-refractivity contribution is -0.125. The van der Waals surface area contributed by atoms with Crippen molar-refractivity contribution in [3.63, 3.8) is 0 Å². The van der Waals surface area contributed by atoms with Crippen LogP contribution >= 0.6 is 12.4 Å². The van der Waals surface area contributed by atoms with Gasteiger partial charge in [0.05, 0.1) is 6.04 Å². The number of carbonyl (C=O) groups is 1. The van der Waals surface area contributed by atoms with Gasteiger partial charge in [0.1, 0.15) is 5.75 Å². The van der Waals surface area contributed by atoms with Crippen LogP contribution < -0.4 is 15.8 Å². The lowest BCUT2D eigenvalue weighted by Crippen LogP contribution is -2.39. The Labute approximate surface area is 154 Å². The van der Waals surface area contributed by atoms with Crippen LogP contribution in [0.15, 0.2) is 48.5 Å². The molecule has 4 nitrogen and oxygen atoms in total. The van der Waals surface area contributed by atoms with Gasteiger partial charge in [0.25, 0.3) is 0 Å². The summed E-state index contributed by atoms with van der Waals surface area (Å²) in [7, 11) is 0. The Kier molecular flexibility index (Phi) is 7.87. The third-order valence-corrected chi connectivity index (χ3v) is 3.99. The van der Waals surface area contributed by atoms with E-state index in [9.17, 15) is 9.18 Å². The molecule has 0 aliphatic carbocycles. The van der Waals surface area contributed by atoms with Crippen LogP contribution in [0.5, 0.6) is 11.5 Å². The van der Waals surface area contributed by atoms with Gasteiger partial charge in [0.2, 0.25) is 5.91 Å². The standard InChI is InChI=1S/C19H23FN2O2.ClH/c1-12(13(2)21)19(23)22-14(3)15-9-10-18(17(20)11-15)24-16-7-5-4-6-8-16;/h4-14H,21H2,1-3H3,(H,22,23);1H. The fourth-order valence-corrected chi connectivity index (χ4v) is 2.15. The van der Waals surface area contributed by atoms with E-state index in [1.807, 2.05) is 18.2 Å². The third-order valence-electron chi connectivity index (χ3n) is 3.99. The predicted molar refractivity (Wildman–Crippen MR) is 99.5 cm³/mol. The van der Waals surface area contributed by atoms with E-state index < -0.39 is 5.82 Å². The molecule has 3 atom stereocenters. The highest BCUT2D eigenvalue weighted by molar-refractivity contribution is 5.85. The first-order valence-corrected chi connectivity index (χ1v) is 7.96. The molecule has 136 valence electrons. The first-order valence-electron chi connectivity index (χ1n) is 7.96. The minimum Gasteiger partial charge on any atom is -0.454 e. The van der Waals surface area contributed by atoms with Crippen LogP contribution in [-0.4, -0.2) is 11.9 Å². The van der Waals surface area contributed by atoms with E-state index in [2.05, 4.69) is 5.32 Å². The maximum atomic E-state index is 14.3. The molecule has 2 aromatic rings. The van der Waals surface area contributed by atoms with Crippen LogP contribution in [0.4, 0.5) is 4.39 Å². The van der Waals surface area contributed by atoms with Gasteiger partial charge in [-0.25, -0.2) is 4.39 Å². The molecule has 0 fully saturated rings. The number of halogens is 2. The van der Waals surface area contributed by atoms with Crippen molar-refractivity contribution in [1.82, 2.24) is 5.32 Å². The number of ether oxygens (including phenoxy) is 1. The van der Waals surface area contributed by atoms with E-state index in [1.165, 1.54) is 6.07 Å². The van der Waals surface area contributed by atoms with E-state index in [0.717, 1.165) is 0 Å². The normalized spacial score (nSPS) is 14.0. The number of rotatable bonds is 6. The zero-order valence-electron chi connectivity index (χ0n) is 14.5. The van der Waals surface area contributed by atoms with Crippen LogP contribution in [0.3, 0.4) is 0 Å². The second-order valence-electron chi connectivity index (χ2n) is 5.98. The van der Waals surface area contributed by atoms with Crippen LogP contribution in [0.25, 0.3) is 0 Å². The molecule has 1 amide bonds. The molecule has 0 aliphatic rings. The summed E-state index contributed by atoms with van der Waals surface area (Å²) in [6, 6.07) is 13.1. The van der Waals surface area contributed by atoms with Crippen molar-refractivity contribution in [2.75, 3.05) is 0 Å². The first kappa shape index (κ1) is 20.9. The maximum Gasteiger partial charge on any atom is 0.224 e. The van der Waals surface area contributed by atoms with Gasteiger partial charge in [-0.1, -0.05) is 31.2 Å². The monoisotopic (exact) mass is 366 g/mol. The molecule has 0 heterocycles. The zero-order chi connectivity index (χ0) is 17.7. The number of para-hydroxylation sites is 1. The summed E-state index contributed by atoms with van der Waals surface area (Å²) in [5.41, 5.74) is 6.40. The molecule has 0 aliphatic heterocycles. The Morgan fingerprint density at radius 3 is 2.32 bits per heavy atom. The molecule has 0 saturated heterocycles. The largest absolute Gasteiger partial charge is 0.454 e. The van der Waals surface area contributed by atoms with Gasteiger partial charge in [-0.15, -0.1) is 12.4 Å². The zero-order valence-corrected chi connectivity index (χ0v) is 15.3. The second kappa shape index (κ2) is 9.39. The highest BCUT2D eigenvalue weighted by Gasteiger charge is 2.20. The summed E-state index contributed by atoms with van der Waals surface area (Å²) < 4.78 is 19.8. The number of carbonyl (C=O) groups excluding carboxylic acids is 1. The van der Waals surface area contributed by atoms with Crippen LogP contribution in [0.1, 0.15) is 32.4 Å². The lowest BCUT2D eigenvalue weighted by Gasteiger charge is -2.20. The van der Waals surface area contributed by atoms with Crippen LogP contribution in [0, 0.1) is 11.7 Å². The number of hydrogen-bond acceptors (Lipinski definition) is 3. The number of benzene rings is 2. The molecule has 3 N–H and O–H groups in total. The molecule has 25 heavy (non-hydrogen) atoms. The quantitative estimate of drug-likeness (QED) is 0.805. The molecular weight excluding hydrogens is 343 g/mol. The van der Waals surface area contributed by atoms with E-state index >= 15 is 0 Å². The van der Waals surface area contributed by atoms with Crippen molar-refractivity contribution in [3.8, 4) is 11.5 Å². The predicted octanol–water partition coefficient (Wildman–Crippen LogP) is 4.20. The number of amides is 1. The fourth-order valence-electron chi connectivity index (χ4n) is 2.15. The maximum absolute atomic E-state index is 14.3. The van der Waals surface area contributed by atoms with E-state index in [-0.39, 0.29) is 42.1 Å². The Morgan fingerprint density at radius 1 is 1.12 bits per heavy atom. The molecule has 0 aromatic heterocycles. The summed E-state index contributed by atoms with van der Waals surface area (Å²) in [6.45, 7) is 5.35. The highest BCUT2D eigenvalue weighted by Crippen LogP contribution is 2.26. The molecule has 2 aromatic carbocycles. The van der Waals surface area contributed by atoms with Crippen LogP contribution in [0.2, 0.25) is 0 Å². The van der Waals surface area contributed by atoms with Crippen molar-refractivity contribution >= 4 is 18.3 Å². The van der Waals surface area contributed by atoms with Gasteiger partial charge in [0.15, 0.2) is 11.6 Å². The van der Waals surface area contributed by atoms with Crippen molar-refractivity contribution in [3.05, 3.63) is 59.9 Å². The van der Waals surface area contributed by atoms with Gasteiger partial charge in [-0.3, -0.25) is 4.79 Å². The van der Waals surface area contributed by atoms with Gasteiger partial charge < -0.3 is 15.8 Å². The topological polar surface area (TPSA) is 64.4 Å². The number of nitrogens with two attached hydrogens (primary N) is 1. The Balaban J connectivity index is 0.00000312. The summed E-state index contributed by atoms with van der Waals surface area (Å²) >= 11 is 0. The lowest BCUT2D eigenvalue weighted by atomic mass is 10.0. The van der Waals surface area contributed by atoms with Crippen LogP contribution in [-0.2, 0) is 4.79 Å². The molecule has 2 rings (SSSR count). The Morgan fingerprint density at radius 2 is 1.76 bits per heavy atom. The minimum absolute atomic E-state index is 0. The molecule has 3 unspecified atom stereocenters. The van der Waals surface area contributed by atoms with Crippen molar-refractivity contribution in [2.24, 2.45) is 11.7 Å². The van der Waals surface area contributed by atoms with E-state index in [0.29, 0.717) is 11.3 Å². The van der Waals surface area contributed by atoms with E-state index in [4.69, 9.17) is 10.5 Å². The molecule has 0 saturated carbocycles. The fraction of sp³-hybridized carbons (Fsp3) is 0.316. The van der Waals surface area contributed by atoms with Crippen molar-refractivity contribution < 1.29 is 13.9 Å². The second-order valence-corrected chi connectivity index (χ2v) is 5.98. The minimum atomic E-state index is -0.474. The molecule has 0 spiro atoms. The van der Waals surface area contributed by atoms with Gasteiger partial charge in [0, 0.05) is 12.0 Å². The Hall–Kier alpha value is -2.11. The van der Waals surface area contributed by atoms with Crippen molar-refractivity contribution in [1.29, 1.82) is 0 Å². The van der Waals surface area contributed by atoms with Gasteiger partial charge in [-0.05, 0) is 43.7 Å².